The molecule has 1 N–H and O–H groups in total. The molecule has 0 aliphatic heterocycles. The van der Waals surface area contributed by atoms with Crippen molar-refractivity contribution in [3.63, 3.8) is 0 Å². The second-order valence-electron chi connectivity index (χ2n) is 5.17. The molecule has 1 atom stereocenters. The molecule has 0 radical (unpaired) electrons. The third kappa shape index (κ3) is 3.77. The summed E-state index contributed by atoms with van der Waals surface area (Å²) in [5.74, 6) is -0.334. The monoisotopic (exact) mass is 255 g/mol. The molecule has 0 fully saturated rings. The first kappa shape index (κ1) is 15.1. The van der Waals surface area contributed by atoms with Crippen LogP contribution in [0.2, 0.25) is 0 Å². The second kappa shape index (κ2) is 6.83. The van der Waals surface area contributed by atoms with Crippen LogP contribution in [-0.4, -0.2) is 6.54 Å². The molecule has 0 saturated carbocycles. The molecule has 1 aromatic carbocycles. The number of hydrogen-bond acceptors (Lipinski definition) is 1. The van der Waals surface area contributed by atoms with Gasteiger partial charge >= 0.3 is 0 Å². The lowest BCUT2D eigenvalue weighted by Gasteiger charge is -2.21. The summed E-state index contributed by atoms with van der Waals surface area (Å²) >= 11 is 0. The third-order valence-electron chi connectivity index (χ3n) is 3.15. The van der Waals surface area contributed by atoms with Gasteiger partial charge in [-0.25, -0.2) is 8.78 Å². The van der Waals surface area contributed by atoms with E-state index in [1.165, 1.54) is 12.1 Å². The fourth-order valence-corrected chi connectivity index (χ4v) is 2.09. The van der Waals surface area contributed by atoms with Crippen molar-refractivity contribution in [3.05, 3.63) is 34.9 Å². The molecule has 0 bridgehead atoms. The minimum atomic E-state index is -0.451. The fraction of sp³-hybridized carbons (Fsp3) is 0.600. The first-order valence-corrected chi connectivity index (χ1v) is 6.65. The summed E-state index contributed by atoms with van der Waals surface area (Å²) in [6.45, 7) is 8.56. The van der Waals surface area contributed by atoms with Crippen LogP contribution < -0.4 is 5.32 Å². The van der Waals surface area contributed by atoms with Crippen molar-refractivity contribution in [1.29, 1.82) is 0 Å². The molecule has 18 heavy (non-hydrogen) atoms. The third-order valence-corrected chi connectivity index (χ3v) is 3.15. The van der Waals surface area contributed by atoms with Gasteiger partial charge in [-0.15, -0.1) is 0 Å². The summed E-state index contributed by atoms with van der Waals surface area (Å²) in [6, 6.07) is 2.60. The van der Waals surface area contributed by atoms with Crippen molar-refractivity contribution in [1.82, 2.24) is 5.32 Å². The normalized spacial score (nSPS) is 13.1. The topological polar surface area (TPSA) is 12.0 Å². The number of nitrogens with one attached hydrogen (secondary N) is 1. The van der Waals surface area contributed by atoms with Gasteiger partial charge in [0.05, 0.1) is 0 Å². The molecule has 0 spiro atoms. The zero-order chi connectivity index (χ0) is 13.7. The van der Waals surface area contributed by atoms with Crippen LogP contribution in [0.15, 0.2) is 12.1 Å². The van der Waals surface area contributed by atoms with Gasteiger partial charge in [0, 0.05) is 11.6 Å². The first-order valence-electron chi connectivity index (χ1n) is 6.65. The van der Waals surface area contributed by atoms with Gasteiger partial charge in [0.15, 0.2) is 0 Å². The smallest absolute Gasteiger partial charge is 0.133 e. The van der Waals surface area contributed by atoms with Crippen molar-refractivity contribution in [2.75, 3.05) is 6.54 Å². The predicted octanol–water partition coefficient (Wildman–Crippen LogP) is 4.36. The quantitative estimate of drug-likeness (QED) is 0.796. The minimum absolute atomic E-state index is 0.192. The lowest BCUT2D eigenvalue weighted by molar-refractivity contribution is 0.415. The Balaban J connectivity index is 3.01. The molecule has 1 unspecified atom stereocenters. The van der Waals surface area contributed by atoms with Gasteiger partial charge in [0.25, 0.3) is 0 Å². The number of rotatable bonds is 6. The number of aryl methyl sites for hydroxylation is 1. The van der Waals surface area contributed by atoms with E-state index in [0.717, 1.165) is 12.8 Å². The molecule has 1 nitrogen and oxygen atoms in total. The average Bonchev–Trinajstić information content (AvgIpc) is 2.31. The van der Waals surface area contributed by atoms with Crippen LogP contribution in [0.5, 0.6) is 0 Å². The Bertz CT molecular complexity index is 388. The lowest BCUT2D eigenvalue weighted by Crippen LogP contribution is -2.24. The van der Waals surface area contributed by atoms with Crippen LogP contribution in [0.3, 0.4) is 0 Å². The summed E-state index contributed by atoms with van der Waals surface area (Å²) < 4.78 is 27.9. The Labute approximate surface area is 109 Å². The van der Waals surface area contributed by atoms with Gasteiger partial charge in [-0.3, -0.25) is 0 Å². The van der Waals surface area contributed by atoms with E-state index in [-0.39, 0.29) is 11.6 Å². The van der Waals surface area contributed by atoms with E-state index < -0.39 is 11.6 Å². The van der Waals surface area contributed by atoms with Crippen LogP contribution in [0.1, 0.15) is 50.8 Å². The van der Waals surface area contributed by atoms with Gasteiger partial charge in [-0.2, -0.15) is 0 Å². The molecule has 1 rings (SSSR count). The highest BCUT2D eigenvalue weighted by Gasteiger charge is 2.20. The van der Waals surface area contributed by atoms with Crippen LogP contribution in [-0.2, 0) is 0 Å². The Morgan fingerprint density at radius 3 is 2.39 bits per heavy atom. The Morgan fingerprint density at radius 2 is 1.83 bits per heavy atom. The second-order valence-corrected chi connectivity index (χ2v) is 5.17. The van der Waals surface area contributed by atoms with Crippen molar-refractivity contribution in [2.24, 2.45) is 5.92 Å². The van der Waals surface area contributed by atoms with Crippen LogP contribution in [0.4, 0.5) is 8.78 Å². The maximum absolute atomic E-state index is 14.1. The summed E-state index contributed by atoms with van der Waals surface area (Å²) in [6.07, 6.45) is 1.70. The molecule has 0 heterocycles. The van der Waals surface area contributed by atoms with Crippen molar-refractivity contribution in [2.45, 2.75) is 46.6 Å². The van der Waals surface area contributed by atoms with Crippen molar-refractivity contribution in [3.8, 4) is 0 Å². The summed E-state index contributed by atoms with van der Waals surface area (Å²) in [7, 11) is 0. The van der Waals surface area contributed by atoms with Crippen LogP contribution in [0.25, 0.3) is 0 Å². The molecule has 3 heteroatoms. The van der Waals surface area contributed by atoms with Gasteiger partial charge in [0.2, 0.25) is 0 Å². The Kier molecular flexibility index (Phi) is 5.73. The fourth-order valence-electron chi connectivity index (χ4n) is 2.09. The van der Waals surface area contributed by atoms with Crippen molar-refractivity contribution < 1.29 is 8.78 Å². The molecule has 0 saturated heterocycles. The largest absolute Gasteiger partial charge is 0.310 e. The average molecular weight is 255 g/mol. The van der Waals surface area contributed by atoms with E-state index in [1.54, 1.807) is 6.92 Å². The molecule has 0 aliphatic rings. The number of benzene rings is 1. The highest BCUT2D eigenvalue weighted by molar-refractivity contribution is 5.29. The van der Waals surface area contributed by atoms with E-state index in [1.807, 2.05) is 6.92 Å². The van der Waals surface area contributed by atoms with Gasteiger partial charge in [0.1, 0.15) is 11.6 Å². The molecule has 0 aromatic heterocycles. The van der Waals surface area contributed by atoms with E-state index in [2.05, 4.69) is 19.2 Å². The summed E-state index contributed by atoms with van der Waals surface area (Å²) in [5.41, 5.74) is 0.691. The lowest BCUT2D eigenvalue weighted by atomic mass is 9.95. The summed E-state index contributed by atoms with van der Waals surface area (Å²) in [4.78, 5) is 0. The first-order chi connectivity index (χ1) is 8.47. The van der Waals surface area contributed by atoms with E-state index in [4.69, 9.17) is 0 Å². The zero-order valence-electron chi connectivity index (χ0n) is 11.7. The molecular formula is C15H23F2N. The van der Waals surface area contributed by atoms with Gasteiger partial charge in [-0.05, 0) is 43.9 Å². The Morgan fingerprint density at radius 1 is 1.17 bits per heavy atom. The van der Waals surface area contributed by atoms with Gasteiger partial charge < -0.3 is 5.32 Å². The highest BCUT2D eigenvalue weighted by Crippen LogP contribution is 2.27. The number of hydrogen-bond donors (Lipinski definition) is 1. The van der Waals surface area contributed by atoms with E-state index >= 15 is 0 Å². The maximum atomic E-state index is 14.1. The van der Waals surface area contributed by atoms with E-state index in [0.29, 0.717) is 18.0 Å². The van der Waals surface area contributed by atoms with Crippen molar-refractivity contribution >= 4 is 0 Å². The molecular weight excluding hydrogens is 232 g/mol. The standard InChI is InChI=1S/C15H23F2N/c1-5-18-13(9-6-10(2)3)14-12(16)8-7-11(4)15(14)17/h7-8,10,13,18H,5-6,9H2,1-4H3. The maximum Gasteiger partial charge on any atom is 0.133 e. The van der Waals surface area contributed by atoms with E-state index in [9.17, 15) is 8.78 Å². The number of halogens is 2. The molecule has 0 amide bonds. The van der Waals surface area contributed by atoms with Gasteiger partial charge in [-0.1, -0.05) is 26.8 Å². The SMILES string of the molecule is CCNC(CCC(C)C)c1c(F)ccc(C)c1F. The summed E-state index contributed by atoms with van der Waals surface area (Å²) in [5, 5.41) is 3.18. The van der Waals surface area contributed by atoms with Crippen LogP contribution in [0, 0.1) is 24.5 Å². The van der Waals surface area contributed by atoms with Crippen LogP contribution >= 0.6 is 0 Å². The predicted molar refractivity (Wildman–Crippen MR) is 71.6 cm³/mol. The molecule has 0 aliphatic carbocycles. The highest BCUT2D eigenvalue weighted by atomic mass is 19.1. The molecule has 1 aromatic rings. The minimum Gasteiger partial charge on any atom is -0.310 e. The molecule has 102 valence electrons. The zero-order valence-corrected chi connectivity index (χ0v) is 11.7. The Hall–Kier alpha value is -0.960.